The molecule has 0 saturated carbocycles. The monoisotopic (exact) mass is 373 g/mol. The molecule has 0 radical (unpaired) electrons. The molecule has 0 atom stereocenters. The van der Waals surface area contributed by atoms with E-state index < -0.39 is 5.91 Å². The number of morpholine rings is 1. The number of ether oxygens (including phenoxy) is 3. The van der Waals surface area contributed by atoms with Crippen LogP contribution in [0, 0.1) is 6.92 Å². The van der Waals surface area contributed by atoms with Crippen molar-refractivity contribution in [2.45, 2.75) is 13.5 Å². The molecule has 1 aromatic heterocycles. The van der Waals surface area contributed by atoms with Crippen molar-refractivity contribution in [2.24, 2.45) is 5.73 Å². The van der Waals surface area contributed by atoms with Gasteiger partial charge in [0.15, 0.2) is 0 Å². The van der Waals surface area contributed by atoms with Crippen LogP contribution in [0.5, 0.6) is 11.5 Å². The van der Waals surface area contributed by atoms with E-state index in [1.54, 1.807) is 14.2 Å². The summed E-state index contributed by atoms with van der Waals surface area (Å²) in [5.41, 5.74) is 8.75. The maximum absolute atomic E-state index is 11.9. The number of hydrogen-bond donors (Lipinski definition) is 1. The zero-order chi connectivity index (χ0) is 19.4. The lowest BCUT2D eigenvalue weighted by Gasteiger charge is -2.27. The second-order valence-electron chi connectivity index (χ2n) is 6.56. The molecule has 3 rings (SSSR count). The zero-order valence-electron chi connectivity index (χ0n) is 16.2. The highest BCUT2D eigenvalue weighted by molar-refractivity contribution is 5.96. The largest absolute Gasteiger partial charge is 0.497 e. The molecule has 2 aromatic rings. The van der Waals surface area contributed by atoms with Crippen LogP contribution in [0.3, 0.4) is 0 Å². The summed E-state index contributed by atoms with van der Waals surface area (Å²) in [6.07, 6.45) is 0. The maximum atomic E-state index is 11.9. The van der Waals surface area contributed by atoms with Crippen LogP contribution in [0.2, 0.25) is 0 Å². The Labute approximate surface area is 159 Å². The fourth-order valence-electron chi connectivity index (χ4n) is 3.49. The summed E-state index contributed by atoms with van der Waals surface area (Å²) in [6.45, 7) is 6.89. The second-order valence-corrected chi connectivity index (χ2v) is 6.56. The van der Waals surface area contributed by atoms with Crippen LogP contribution in [0.25, 0.3) is 11.3 Å². The van der Waals surface area contributed by atoms with Gasteiger partial charge in [0.1, 0.15) is 11.5 Å². The molecule has 7 nitrogen and oxygen atoms in total. The van der Waals surface area contributed by atoms with Crippen molar-refractivity contribution in [3.63, 3.8) is 0 Å². The number of aromatic nitrogens is 1. The maximum Gasteiger partial charge on any atom is 0.250 e. The Hall–Kier alpha value is -2.51. The van der Waals surface area contributed by atoms with E-state index in [4.69, 9.17) is 19.9 Å². The van der Waals surface area contributed by atoms with Crippen molar-refractivity contribution in [2.75, 3.05) is 47.1 Å². The molecule has 1 aliphatic rings. The van der Waals surface area contributed by atoms with Gasteiger partial charge in [0.05, 0.1) is 38.7 Å². The molecule has 1 aliphatic heterocycles. The summed E-state index contributed by atoms with van der Waals surface area (Å²) in [5, 5.41) is 0. The number of carbonyl (C=O) groups excluding carboxylic acids is 1. The summed E-state index contributed by atoms with van der Waals surface area (Å²) in [5.74, 6) is 1.02. The molecule has 1 saturated heterocycles. The lowest BCUT2D eigenvalue weighted by atomic mass is 10.1. The van der Waals surface area contributed by atoms with Crippen LogP contribution in [-0.4, -0.2) is 62.4 Å². The Kier molecular flexibility index (Phi) is 6.03. The molecule has 146 valence electrons. The second kappa shape index (κ2) is 8.45. The summed E-state index contributed by atoms with van der Waals surface area (Å²) >= 11 is 0. The van der Waals surface area contributed by atoms with Gasteiger partial charge >= 0.3 is 0 Å². The van der Waals surface area contributed by atoms with Gasteiger partial charge in [-0.2, -0.15) is 0 Å². The number of amides is 1. The van der Waals surface area contributed by atoms with Crippen LogP contribution >= 0.6 is 0 Å². The Bertz CT molecular complexity index is 810. The number of rotatable bonds is 7. The van der Waals surface area contributed by atoms with Crippen LogP contribution in [0.15, 0.2) is 24.3 Å². The van der Waals surface area contributed by atoms with E-state index in [0.29, 0.717) is 5.56 Å². The van der Waals surface area contributed by atoms with Crippen molar-refractivity contribution < 1.29 is 19.0 Å². The van der Waals surface area contributed by atoms with Gasteiger partial charge in [-0.15, -0.1) is 0 Å². The van der Waals surface area contributed by atoms with Crippen molar-refractivity contribution in [3.05, 3.63) is 35.5 Å². The fraction of sp³-hybridized carbons (Fsp3) is 0.450. The van der Waals surface area contributed by atoms with E-state index in [2.05, 4.69) is 9.47 Å². The van der Waals surface area contributed by atoms with E-state index in [0.717, 1.165) is 67.8 Å². The van der Waals surface area contributed by atoms with Gasteiger partial charge in [-0.3, -0.25) is 9.69 Å². The van der Waals surface area contributed by atoms with E-state index in [1.165, 1.54) is 0 Å². The quantitative estimate of drug-likeness (QED) is 0.802. The lowest BCUT2D eigenvalue weighted by molar-refractivity contribution is 0.0364. The lowest BCUT2D eigenvalue weighted by Crippen LogP contribution is -2.38. The number of hydrogen-bond acceptors (Lipinski definition) is 5. The molecule has 1 fully saturated rings. The molecule has 1 amide bonds. The highest BCUT2D eigenvalue weighted by atomic mass is 16.5. The van der Waals surface area contributed by atoms with Gasteiger partial charge in [-0.25, -0.2) is 0 Å². The van der Waals surface area contributed by atoms with Crippen molar-refractivity contribution in [1.82, 2.24) is 9.47 Å². The number of carbonyl (C=O) groups is 1. The average molecular weight is 373 g/mol. The van der Waals surface area contributed by atoms with Crippen molar-refractivity contribution in [3.8, 4) is 22.8 Å². The van der Waals surface area contributed by atoms with E-state index >= 15 is 0 Å². The molecule has 1 aromatic carbocycles. The minimum absolute atomic E-state index is 0.430. The zero-order valence-corrected chi connectivity index (χ0v) is 16.2. The van der Waals surface area contributed by atoms with Crippen LogP contribution in [-0.2, 0) is 11.3 Å². The molecular weight excluding hydrogens is 346 g/mol. The van der Waals surface area contributed by atoms with Crippen molar-refractivity contribution in [1.29, 1.82) is 0 Å². The highest BCUT2D eigenvalue weighted by Crippen LogP contribution is 2.35. The molecule has 0 spiro atoms. The normalized spacial score (nSPS) is 14.9. The van der Waals surface area contributed by atoms with Gasteiger partial charge < -0.3 is 24.5 Å². The number of nitrogens with two attached hydrogens (primary N) is 1. The summed E-state index contributed by atoms with van der Waals surface area (Å²) < 4.78 is 18.5. The Morgan fingerprint density at radius 3 is 2.52 bits per heavy atom. The Balaban J connectivity index is 2.01. The van der Waals surface area contributed by atoms with Crippen molar-refractivity contribution >= 4 is 5.91 Å². The minimum Gasteiger partial charge on any atom is -0.497 e. The molecule has 0 aliphatic carbocycles. The van der Waals surface area contributed by atoms with E-state index in [9.17, 15) is 4.79 Å². The molecule has 27 heavy (non-hydrogen) atoms. The summed E-state index contributed by atoms with van der Waals surface area (Å²) in [7, 11) is 3.26. The predicted octanol–water partition coefficient (Wildman–Crippen LogP) is 1.91. The third-order valence-corrected chi connectivity index (χ3v) is 5.06. The van der Waals surface area contributed by atoms with Crippen LogP contribution in [0.4, 0.5) is 0 Å². The first-order valence-corrected chi connectivity index (χ1v) is 9.07. The molecular formula is C20H27N3O4. The summed E-state index contributed by atoms with van der Waals surface area (Å²) in [4.78, 5) is 14.3. The standard InChI is InChI=1S/C20H27N3O4/c1-14-16(20(21)24)13-18(17-12-15(25-2)4-5-19(17)26-3)23(14)7-6-22-8-10-27-11-9-22/h4-5,12-13H,6-11H2,1-3H3,(H2,21,24). The fourth-order valence-corrected chi connectivity index (χ4v) is 3.49. The van der Waals surface area contributed by atoms with Gasteiger partial charge in [0.2, 0.25) is 0 Å². The first-order valence-electron chi connectivity index (χ1n) is 9.07. The third-order valence-electron chi connectivity index (χ3n) is 5.06. The van der Waals surface area contributed by atoms with E-state index in [1.807, 2.05) is 31.2 Å². The smallest absolute Gasteiger partial charge is 0.250 e. The number of primary amides is 1. The SMILES string of the molecule is COc1ccc(OC)c(-c2cc(C(N)=O)c(C)n2CCN2CCOCC2)c1. The number of methoxy groups -OCH3 is 2. The van der Waals surface area contributed by atoms with Gasteiger partial charge in [-0.1, -0.05) is 0 Å². The molecule has 0 unspecified atom stereocenters. The molecule has 2 N–H and O–H groups in total. The number of benzene rings is 1. The molecule has 0 bridgehead atoms. The molecule has 7 heteroatoms. The first kappa shape index (κ1) is 19.3. The Morgan fingerprint density at radius 2 is 1.89 bits per heavy atom. The van der Waals surface area contributed by atoms with Crippen LogP contribution in [0.1, 0.15) is 16.1 Å². The third kappa shape index (κ3) is 4.09. The first-order chi connectivity index (χ1) is 13.0. The average Bonchev–Trinajstić information content (AvgIpc) is 3.03. The van der Waals surface area contributed by atoms with Gasteiger partial charge in [0.25, 0.3) is 5.91 Å². The Morgan fingerprint density at radius 1 is 1.15 bits per heavy atom. The summed E-state index contributed by atoms with van der Waals surface area (Å²) in [6, 6.07) is 7.48. The van der Waals surface area contributed by atoms with E-state index in [-0.39, 0.29) is 0 Å². The minimum atomic E-state index is -0.430. The van der Waals surface area contributed by atoms with Crippen LogP contribution < -0.4 is 15.2 Å². The highest BCUT2D eigenvalue weighted by Gasteiger charge is 2.20. The van der Waals surface area contributed by atoms with Gasteiger partial charge in [0, 0.05) is 37.4 Å². The predicted molar refractivity (Wildman–Crippen MR) is 103 cm³/mol. The molecule has 2 heterocycles. The number of nitrogens with zero attached hydrogens (tertiary/aromatic N) is 2. The van der Waals surface area contributed by atoms with Gasteiger partial charge in [-0.05, 0) is 31.2 Å². The topological polar surface area (TPSA) is 79.0 Å².